The summed E-state index contributed by atoms with van der Waals surface area (Å²) < 4.78 is 2.29. The van der Waals surface area contributed by atoms with Gasteiger partial charge in [0.25, 0.3) is 0 Å². The second-order valence-electron chi connectivity index (χ2n) is 8.05. The van der Waals surface area contributed by atoms with E-state index in [2.05, 4.69) is 121 Å². The number of hydrogen-bond acceptors (Lipinski definition) is 1. The normalized spacial score (nSPS) is 11.4. The van der Waals surface area contributed by atoms with Crippen molar-refractivity contribution < 1.29 is 0 Å². The lowest BCUT2D eigenvalue weighted by Crippen LogP contribution is -2.32. The van der Waals surface area contributed by atoms with Crippen molar-refractivity contribution in [2.75, 3.05) is 0 Å². The number of rotatable bonds is 5. The van der Waals surface area contributed by atoms with Crippen molar-refractivity contribution in [2.45, 2.75) is 6.16 Å². The van der Waals surface area contributed by atoms with Crippen LogP contribution >= 0.6 is 7.26 Å². The van der Waals surface area contributed by atoms with Crippen LogP contribution in [0.25, 0.3) is 10.9 Å². The van der Waals surface area contributed by atoms with Crippen molar-refractivity contribution in [1.82, 2.24) is 4.57 Å². The van der Waals surface area contributed by atoms with E-state index in [0.29, 0.717) is 5.56 Å². The Balaban J connectivity index is 1.78. The van der Waals surface area contributed by atoms with Gasteiger partial charge in [-0.25, -0.2) is 0 Å². The van der Waals surface area contributed by atoms with Crippen LogP contribution in [0.5, 0.6) is 0 Å². The first kappa shape index (κ1) is 20.3. The van der Waals surface area contributed by atoms with Crippen LogP contribution in [-0.2, 0) is 13.2 Å². The summed E-state index contributed by atoms with van der Waals surface area (Å²) in [5.74, 6) is 0. The zero-order valence-electron chi connectivity index (χ0n) is 18.0. The van der Waals surface area contributed by atoms with Crippen molar-refractivity contribution in [1.29, 1.82) is 5.26 Å². The van der Waals surface area contributed by atoms with Crippen LogP contribution in [0.4, 0.5) is 0 Å². The lowest BCUT2D eigenvalue weighted by molar-refractivity contribution is 0.907. The van der Waals surface area contributed by atoms with Crippen LogP contribution in [0.2, 0.25) is 0 Å². The fourth-order valence-corrected chi connectivity index (χ4v) is 8.91. The maximum atomic E-state index is 9.35. The van der Waals surface area contributed by atoms with E-state index in [1.54, 1.807) is 0 Å². The minimum atomic E-state index is -1.96. The van der Waals surface area contributed by atoms with Gasteiger partial charge in [-0.2, -0.15) is 5.26 Å². The average molecular weight is 431 g/mol. The molecule has 0 unspecified atom stereocenters. The van der Waals surface area contributed by atoms with Crippen LogP contribution in [0.3, 0.4) is 0 Å². The Hall–Kier alpha value is -3.66. The molecule has 0 saturated heterocycles. The van der Waals surface area contributed by atoms with Crippen LogP contribution < -0.4 is 15.9 Å². The smallest absolute Gasteiger partial charge is 0.118 e. The van der Waals surface area contributed by atoms with Crippen LogP contribution in [0, 0.1) is 11.3 Å². The fourth-order valence-electron chi connectivity index (χ4n) is 4.64. The Kier molecular flexibility index (Phi) is 5.36. The molecule has 0 N–H and O–H groups in total. The molecule has 0 amide bonds. The number of benzene rings is 4. The summed E-state index contributed by atoms with van der Waals surface area (Å²) in [5, 5.41) is 14.6. The molecule has 5 rings (SSSR count). The Morgan fingerprint density at radius 3 is 1.66 bits per heavy atom. The van der Waals surface area contributed by atoms with Crippen LogP contribution in [0.1, 0.15) is 11.3 Å². The van der Waals surface area contributed by atoms with Gasteiger partial charge in [-0.1, -0.05) is 54.6 Å². The van der Waals surface area contributed by atoms with E-state index in [1.807, 2.05) is 12.1 Å². The third-order valence-electron chi connectivity index (χ3n) is 6.26. The molecule has 0 bridgehead atoms. The lowest BCUT2D eigenvalue weighted by atomic mass is 10.2. The first-order valence-electron chi connectivity index (χ1n) is 10.8. The van der Waals surface area contributed by atoms with E-state index in [4.69, 9.17) is 0 Å². The monoisotopic (exact) mass is 431 g/mol. The van der Waals surface area contributed by atoms with E-state index in [1.165, 1.54) is 21.6 Å². The number of nitriles is 1. The molecule has 5 aromatic rings. The SMILES string of the molecule is Cn1c(C[P+](c2ccccc2)(c2ccccc2)c2ccccc2)cc2cc(C#N)ccc21. The molecular weight excluding hydrogens is 407 g/mol. The van der Waals surface area contributed by atoms with Crippen molar-refractivity contribution in [3.8, 4) is 6.07 Å². The van der Waals surface area contributed by atoms with Crippen molar-refractivity contribution in [3.63, 3.8) is 0 Å². The average Bonchev–Trinajstić information content (AvgIpc) is 3.18. The Bertz CT molecular complexity index is 1300. The van der Waals surface area contributed by atoms with Crippen molar-refractivity contribution in [2.24, 2.45) is 7.05 Å². The molecule has 4 aromatic carbocycles. The molecular formula is C29H24N2P+. The van der Waals surface area contributed by atoms with Crippen LogP contribution in [0.15, 0.2) is 115 Å². The molecule has 1 aromatic heterocycles. The van der Waals surface area contributed by atoms with E-state index >= 15 is 0 Å². The molecule has 154 valence electrons. The van der Waals surface area contributed by atoms with Gasteiger partial charge in [-0.05, 0) is 60.7 Å². The van der Waals surface area contributed by atoms with E-state index < -0.39 is 7.26 Å². The minimum absolute atomic E-state index is 0.699. The van der Waals surface area contributed by atoms with E-state index in [-0.39, 0.29) is 0 Å². The topological polar surface area (TPSA) is 28.7 Å². The number of hydrogen-bond donors (Lipinski definition) is 0. The summed E-state index contributed by atoms with van der Waals surface area (Å²) in [6.45, 7) is 0. The van der Waals surface area contributed by atoms with Gasteiger partial charge < -0.3 is 4.57 Å². The quantitative estimate of drug-likeness (QED) is 0.336. The van der Waals surface area contributed by atoms with Gasteiger partial charge in [0, 0.05) is 18.0 Å². The predicted octanol–water partition coefficient (Wildman–Crippen LogP) is 5.54. The summed E-state index contributed by atoms with van der Waals surface area (Å²) in [5.41, 5.74) is 3.14. The highest BCUT2D eigenvalue weighted by molar-refractivity contribution is 7.95. The number of fused-ring (bicyclic) bond motifs is 1. The standard InChI is InChI=1S/C29H24N2P/c1-31-25(20-24-19-23(21-30)17-18-29(24)31)22-32(26-11-5-2-6-12-26,27-13-7-3-8-14-27)28-15-9-4-10-16-28/h2-20H,22H2,1H3/q+1. The summed E-state index contributed by atoms with van der Waals surface area (Å²) in [4.78, 5) is 0. The minimum Gasteiger partial charge on any atom is -0.344 e. The molecule has 3 heteroatoms. The van der Waals surface area contributed by atoms with Gasteiger partial charge in [0.1, 0.15) is 29.3 Å². The summed E-state index contributed by atoms with van der Waals surface area (Å²) in [6, 6.07) is 43.4. The molecule has 0 atom stereocenters. The summed E-state index contributed by atoms with van der Waals surface area (Å²) >= 11 is 0. The number of aryl methyl sites for hydroxylation is 1. The lowest BCUT2D eigenvalue weighted by Gasteiger charge is -2.28. The summed E-state index contributed by atoms with van der Waals surface area (Å²) in [7, 11) is 0.176. The van der Waals surface area contributed by atoms with Crippen molar-refractivity contribution in [3.05, 3.63) is 127 Å². The second kappa shape index (κ2) is 8.46. The Labute approximate surface area is 189 Å². The van der Waals surface area contributed by atoms with Gasteiger partial charge >= 0.3 is 0 Å². The van der Waals surface area contributed by atoms with Crippen molar-refractivity contribution >= 4 is 34.1 Å². The number of aromatic nitrogens is 1. The maximum absolute atomic E-state index is 9.35. The van der Waals surface area contributed by atoms with Gasteiger partial charge in [-0.15, -0.1) is 0 Å². The maximum Gasteiger partial charge on any atom is 0.118 e. The van der Waals surface area contributed by atoms with Gasteiger partial charge in [0.05, 0.1) is 17.3 Å². The first-order valence-corrected chi connectivity index (χ1v) is 12.7. The molecule has 0 saturated carbocycles. The molecule has 0 aliphatic heterocycles. The first-order chi connectivity index (χ1) is 15.7. The van der Waals surface area contributed by atoms with E-state index in [9.17, 15) is 5.26 Å². The van der Waals surface area contributed by atoms with Crippen LogP contribution in [-0.4, -0.2) is 4.57 Å². The van der Waals surface area contributed by atoms with Gasteiger partial charge in [-0.3, -0.25) is 0 Å². The predicted molar refractivity (Wildman–Crippen MR) is 136 cm³/mol. The third kappa shape index (κ3) is 3.42. The van der Waals surface area contributed by atoms with Gasteiger partial charge in [0.15, 0.2) is 0 Å². The van der Waals surface area contributed by atoms with Gasteiger partial charge in [0.2, 0.25) is 0 Å². The summed E-state index contributed by atoms with van der Waals surface area (Å²) in [6.07, 6.45) is 0.915. The highest BCUT2D eigenvalue weighted by Crippen LogP contribution is 2.58. The molecule has 0 aliphatic rings. The fraction of sp³-hybridized carbons (Fsp3) is 0.0690. The molecule has 0 fully saturated rings. The third-order valence-corrected chi connectivity index (χ3v) is 10.6. The Morgan fingerprint density at radius 1 is 0.688 bits per heavy atom. The molecule has 2 nitrogen and oxygen atoms in total. The zero-order valence-corrected chi connectivity index (χ0v) is 18.9. The zero-order chi connectivity index (χ0) is 22.0. The molecule has 32 heavy (non-hydrogen) atoms. The highest BCUT2D eigenvalue weighted by Gasteiger charge is 2.46. The Morgan fingerprint density at radius 2 is 1.19 bits per heavy atom. The molecule has 0 radical (unpaired) electrons. The van der Waals surface area contributed by atoms with E-state index in [0.717, 1.165) is 17.1 Å². The molecule has 0 spiro atoms. The molecule has 1 heterocycles. The second-order valence-corrected chi connectivity index (χ2v) is 11.5. The largest absolute Gasteiger partial charge is 0.344 e. The number of nitrogens with zero attached hydrogens (tertiary/aromatic N) is 2. The highest BCUT2D eigenvalue weighted by atomic mass is 31.2. The molecule has 0 aliphatic carbocycles.